The van der Waals surface area contributed by atoms with Crippen LogP contribution in [0.4, 0.5) is 11.5 Å². The van der Waals surface area contributed by atoms with Gasteiger partial charge in [-0.1, -0.05) is 23.7 Å². The third-order valence-corrected chi connectivity index (χ3v) is 4.26. The van der Waals surface area contributed by atoms with Gasteiger partial charge in [-0.25, -0.2) is 0 Å². The van der Waals surface area contributed by atoms with E-state index in [1.165, 1.54) is 0 Å². The monoisotopic (exact) mass is 314 g/mol. The fourth-order valence-corrected chi connectivity index (χ4v) is 2.99. The highest BCUT2D eigenvalue weighted by atomic mass is 35.5. The molecule has 4 nitrogen and oxygen atoms in total. The maximum absolute atomic E-state index is 6.19. The number of aromatic nitrogens is 2. The Morgan fingerprint density at radius 1 is 1.27 bits per heavy atom. The molecule has 0 aliphatic rings. The molecular formula is C17H19ClN4. The number of hydrogen-bond donors (Lipinski definition) is 1. The summed E-state index contributed by atoms with van der Waals surface area (Å²) < 4.78 is 1.81. The molecule has 0 aliphatic carbocycles. The molecule has 22 heavy (non-hydrogen) atoms. The minimum absolute atomic E-state index is 0.541. The highest BCUT2D eigenvalue weighted by Crippen LogP contribution is 2.40. The number of aryl methyl sites for hydroxylation is 1. The number of nitrogens with zero attached hydrogens (tertiary/aromatic N) is 3. The first-order chi connectivity index (χ1) is 10.5. The Morgan fingerprint density at radius 2 is 2.05 bits per heavy atom. The normalized spacial score (nSPS) is 11.1. The van der Waals surface area contributed by atoms with Crippen molar-refractivity contribution in [3.05, 3.63) is 41.4 Å². The van der Waals surface area contributed by atoms with Crippen molar-refractivity contribution in [2.45, 2.75) is 6.92 Å². The molecule has 2 aromatic carbocycles. The molecule has 0 saturated heterocycles. The van der Waals surface area contributed by atoms with E-state index >= 15 is 0 Å². The maximum atomic E-state index is 6.19. The fourth-order valence-electron chi connectivity index (χ4n) is 2.80. The number of anilines is 2. The third-order valence-electron chi connectivity index (χ3n) is 4.02. The van der Waals surface area contributed by atoms with Crippen molar-refractivity contribution in [2.24, 2.45) is 7.05 Å². The van der Waals surface area contributed by atoms with Gasteiger partial charge in [-0.05, 0) is 36.8 Å². The summed E-state index contributed by atoms with van der Waals surface area (Å²) in [6, 6.07) is 12.0. The predicted molar refractivity (Wildman–Crippen MR) is 94.5 cm³/mol. The Labute approximate surface area is 135 Å². The van der Waals surface area contributed by atoms with E-state index in [-0.39, 0.29) is 0 Å². The van der Waals surface area contributed by atoms with Crippen LogP contribution in [0.3, 0.4) is 0 Å². The molecule has 2 N–H and O–H groups in total. The van der Waals surface area contributed by atoms with Gasteiger partial charge in [0.25, 0.3) is 0 Å². The van der Waals surface area contributed by atoms with Crippen LogP contribution >= 0.6 is 11.6 Å². The van der Waals surface area contributed by atoms with E-state index in [2.05, 4.69) is 42.2 Å². The summed E-state index contributed by atoms with van der Waals surface area (Å²) in [6.45, 7) is 3.03. The number of fused-ring (bicyclic) bond motifs is 1. The molecule has 0 spiro atoms. The lowest BCUT2D eigenvalue weighted by Gasteiger charge is -2.22. The van der Waals surface area contributed by atoms with Crippen molar-refractivity contribution < 1.29 is 0 Å². The van der Waals surface area contributed by atoms with Crippen LogP contribution < -0.4 is 10.6 Å². The van der Waals surface area contributed by atoms with E-state index in [0.717, 1.165) is 34.3 Å². The molecule has 0 radical (unpaired) electrons. The van der Waals surface area contributed by atoms with E-state index in [0.29, 0.717) is 10.8 Å². The molecule has 5 heteroatoms. The molecular weight excluding hydrogens is 296 g/mol. The quantitative estimate of drug-likeness (QED) is 0.796. The molecule has 0 saturated carbocycles. The molecule has 0 amide bonds. The van der Waals surface area contributed by atoms with Crippen LogP contribution in [0.15, 0.2) is 36.4 Å². The van der Waals surface area contributed by atoms with Crippen molar-refractivity contribution in [3.8, 4) is 11.1 Å². The van der Waals surface area contributed by atoms with Gasteiger partial charge in [-0.3, -0.25) is 4.68 Å². The van der Waals surface area contributed by atoms with Gasteiger partial charge in [0.2, 0.25) is 0 Å². The van der Waals surface area contributed by atoms with E-state index in [1.807, 2.05) is 29.9 Å². The lowest BCUT2D eigenvalue weighted by Crippen LogP contribution is -2.16. The Balaban J connectivity index is 2.41. The smallest absolute Gasteiger partial charge is 0.154 e. The van der Waals surface area contributed by atoms with Gasteiger partial charge < -0.3 is 10.6 Å². The zero-order valence-electron chi connectivity index (χ0n) is 13.0. The lowest BCUT2D eigenvalue weighted by molar-refractivity contribution is 0.802. The predicted octanol–water partition coefficient (Wildman–Crippen LogP) is 3.93. The Morgan fingerprint density at radius 3 is 2.73 bits per heavy atom. The van der Waals surface area contributed by atoms with Crippen molar-refractivity contribution in [1.29, 1.82) is 0 Å². The summed E-state index contributed by atoms with van der Waals surface area (Å²) in [7, 11) is 3.98. The highest BCUT2D eigenvalue weighted by Gasteiger charge is 2.18. The minimum atomic E-state index is 0.541. The SMILES string of the molecule is CCN(C)c1ccc2c(c(N)nn2C)c1-c1cccc(Cl)c1. The third kappa shape index (κ3) is 2.29. The Bertz CT molecular complexity index is 838. The minimum Gasteiger partial charge on any atom is -0.382 e. The van der Waals surface area contributed by atoms with Crippen molar-refractivity contribution in [2.75, 3.05) is 24.2 Å². The zero-order valence-corrected chi connectivity index (χ0v) is 13.7. The van der Waals surface area contributed by atoms with Crippen molar-refractivity contribution in [3.63, 3.8) is 0 Å². The summed E-state index contributed by atoms with van der Waals surface area (Å²) in [6.07, 6.45) is 0. The van der Waals surface area contributed by atoms with Crippen LogP contribution in [0.25, 0.3) is 22.0 Å². The molecule has 0 fully saturated rings. The maximum Gasteiger partial charge on any atom is 0.154 e. The van der Waals surface area contributed by atoms with Gasteiger partial charge in [-0.2, -0.15) is 5.10 Å². The first-order valence-corrected chi connectivity index (χ1v) is 7.63. The fraction of sp³-hybridized carbons (Fsp3) is 0.235. The summed E-state index contributed by atoms with van der Waals surface area (Å²) in [5, 5.41) is 6.05. The first kappa shape index (κ1) is 14.7. The lowest BCUT2D eigenvalue weighted by atomic mass is 9.98. The summed E-state index contributed by atoms with van der Waals surface area (Å²) in [5.74, 6) is 0.541. The second kappa shape index (κ2) is 5.54. The summed E-state index contributed by atoms with van der Waals surface area (Å²) in [5.41, 5.74) is 10.4. The van der Waals surface area contributed by atoms with Crippen molar-refractivity contribution >= 4 is 34.0 Å². The Kier molecular flexibility index (Phi) is 3.71. The van der Waals surface area contributed by atoms with E-state index in [9.17, 15) is 0 Å². The number of halogens is 1. The van der Waals surface area contributed by atoms with E-state index in [4.69, 9.17) is 17.3 Å². The topological polar surface area (TPSA) is 47.1 Å². The number of rotatable bonds is 3. The van der Waals surface area contributed by atoms with Gasteiger partial charge in [0.05, 0.1) is 10.9 Å². The largest absolute Gasteiger partial charge is 0.382 e. The second-order valence-corrected chi connectivity index (χ2v) is 5.82. The summed E-state index contributed by atoms with van der Waals surface area (Å²) >= 11 is 6.19. The molecule has 0 atom stereocenters. The molecule has 1 aromatic heterocycles. The molecule has 0 unspecified atom stereocenters. The molecule has 0 bridgehead atoms. The average molecular weight is 315 g/mol. The molecule has 114 valence electrons. The van der Waals surface area contributed by atoms with Gasteiger partial charge in [-0.15, -0.1) is 0 Å². The zero-order chi connectivity index (χ0) is 15.9. The number of nitrogens with two attached hydrogens (primary N) is 1. The van der Waals surface area contributed by atoms with Gasteiger partial charge in [0.1, 0.15) is 0 Å². The van der Waals surface area contributed by atoms with Gasteiger partial charge >= 0.3 is 0 Å². The molecule has 3 rings (SSSR count). The number of benzene rings is 2. The molecule has 1 heterocycles. The highest BCUT2D eigenvalue weighted by molar-refractivity contribution is 6.31. The molecule has 0 aliphatic heterocycles. The standard InChI is InChI=1S/C17H19ClN4/c1-4-21(2)13-8-9-14-16(17(19)20-22(14)3)15(13)11-6-5-7-12(18)10-11/h5-10H,4H2,1-3H3,(H2,19,20). The van der Waals surface area contributed by atoms with Crippen LogP contribution in [-0.4, -0.2) is 23.4 Å². The van der Waals surface area contributed by atoms with Crippen LogP contribution in [-0.2, 0) is 7.05 Å². The van der Waals surface area contributed by atoms with E-state index in [1.54, 1.807) is 0 Å². The van der Waals surface area contributed by atoms with Gasteiger partial charge in [0, 0.05) is 36.9 Å². The van der Waals surface area contributed by atoms with Crippen LogP contribution in [0.2, 0.25) is 5.02 Å². The van der Waals surface area contributed by atoms with E-state index < -0.39 is 0 Å². The van der Waals surface area contributed by atoms with Crippen LogP contribution in [0, 0.1) is 0 Å². The average Bonchev–Trinajstić information content (AvgIpc) is 2.80. The number of nitrogen functional groups attached to an aromatic ring is 1. The molecule has 3 aromatic rings. The number of hydrogen-bond acceptors (Lipinski definition) is 3. The second-order valence-electron chi connectivity index (χ2n) is 5.39. The van der Waals surface area contributed by atoms with Crippen LogP contribution in [0.5, 0.6) is 0 Å². The van der Waals surface area contributed by atoms with Crippen LogP contribution in [0.1, 0.15) is 6.92 Å². The first-order valence-electron chi connectivity index (χ1n) is 7.25. The van der Waals surface area contributed by atoms with Gasteiger partial charge in [0.15, 0.2) is 5.82 Å². The summed E-state index contributed by atoms with van der Waals surface area (Å²) in [4.78, 5) is 2.20. The van der Waals surface area contributed by atoms with Crippen molar-refractivity contribution in [1.82, 2.24) is 9.78 Å². The Hall–Kier alpha value is -2.20.